The van der Waals surface area contributed by atoms with Gasteiger partial charge in [0.2, 0.25) is 0 Å². The summed E-state index contributed by atoms with van der Waals surface area (Å²) in [5.74, 6) is 2.27. The summed E-state index contributed by atoms with van der Waals surface area (Å²) < 4.78 is 31.4. The lowest BCUT2D eigenvalue weighted by Gasteiger charge is -2.35. The van der Waals surface area contributed by atoms with Crippen molar-refractivity contribution in [3.05, 3.63) is 35.1 Å². The van der Waals surface area contributed by atoms with E-state index in [1.54, 1.807) is 0 Å². The number of hydrogen-bond acceptors (Lipinski definition) is 6. The first-order chi connectivity index (χ1) is 12.1. The molecule has 0 atom stereocenters. The van der Waals surface area contributed by atoms with E-state index in [-0.39, 0.29) is 11.6 Å². The average molecular weight is 349 g/mol. The van der Waals surface area contributed by atoms with Crippen LogP contribution in [0.5, 0.6) is 0 Å². The highest BCUT2D eigenvalue weighted by molar-refractivity contribution is 5.41. The molecule has 0 unspecified atom stereocenters. The number of anilines is 1. The van der Waals surface area contributed by atoms with Crippen molar-refractivity contribution in [2.45, 2.75) is 38.7 Å². The Balaban J connectivity index is 1.43. The Morgan fingerprint density at radius 3 is 2.52 bits per heavy atom. The average Bonchev–Trinajstić information content (AvgIpc) is 3.38. The molecule has 4 rings (SSSR count). The van der Waals surface area contributed by atoms with Crippen molar-refractivity contribution in [2.24, 2.45) is 0 Å². The predicted octanol–water partition coefficient (Wildman–Crippen LogP) is 2.91. The van der Waals surface area contributed by atoms with Gasteiger partial charge in [0, 0.05) is 50.8 Å². The van der Waals surface area contributed by atoms with Crippen LogP contribution >= 0.6 is 0 Å². The van der Waals surface area contributed by atoms with Gasteiger partial charge in [-0.25, -0.2) is 18.7 Å². The van der Waals surface area contributed by atoms with Crippen LogP contribution in [0.25, 0.3) is 0 Å². The molecule has 1 aliphatic heterocycles. The molecule has 25 heavy (non-hydrogen) atoms. The molecule has 1 saturated carbocycles. The highest BCUT2D eigenvalue weighted by Crippen LogP contribution is 2.39. The fourth-order valence-corrected chi connectivity index (χ4v) is 3.13. The number of nitrogens with zero attached hydrogens (tertiary/aromatic N) is 5. The van der Waals surface area contributed by atoms with Crippen LogP contribution in [-0.4, -0.2) is 46.2 Å². The maximum absolute atomic E-state index is 13.2. The molecule has 134 valence electrons. The largest absolute Gasteiger partial charge is 0.361 e. The van der Waals surface area contributed by atoms with Crippen molar-refractivity contribution in [1.29, 1.82) is 0 Å². The lowest BCUT2D eigenvalue weighted by atomic mass is 10.2. The Hall–Kier alpha value is -2.09. The smallest absolute Gasteiger partial charge is 0.280 e. The van der Waals surface area contributed by atoms with Gasteiger partial charge in [-0.15, -0.1) is 0 Å². The van der Waals surface area contributed by atoms with Gasteiger partial charge in [-0.1, -0.05) is 5.16 Å². The standard InChI is InChI=1S/C17H21F2N5O/c1-11-8-13(22-25-11)10-23-4-6-24(7-5-23)15-9-14(16(18)19)20-17(21-15)12-2-3-12/h8-9,12,16H,2-7,10H2,1H3. The van der Waals surface area contributed by atoms with Gasteiger partial charge < -0.3 is 9.42 Å². The Labute approximate surface area is 144 Å². The quantitative estimate of drug-likeness (QED) is 0.827. The van der Waals surface area contributed by atoms with Crippen molar-refractivity contribution in [1.82, 2.24) is 20.0 Å². The maximum atomic E-state index is 13.2. The van der Waals surface area contributed by atoms with E-state index in [0.29, 0.717) is 11.6 Å². The number of aryl methyl sites for hydroxylation is 1. The molecule has 2 aromatic heterocycles. The van der Waals surface area contributed by atoms with Crippen molar-refractivity contribution >= 4 is 5.82 Å². The van der Waals surface area contributed by atoms with E-state index < -0.39 is 6.43 Å². The van der Waals surface area contributed by atoms with E-state index in [1.165, 1.54) is 6.07 Å². The fraction of sp³-hybridized carbons (Fsp3) is 0.588. The third-order valence-corrected chi connectivity index (χ3v) is 4.67. The van der Waals surface area contributed by atoms with Gasteiger partial charge in [-0.3, -0.25) is 4.90 Å². The zero-order chi connectivity index (χ0) is 17.4. The summed E-state index contributed by atoms with van der Waals surface area (Å²) in [4.78, 5) is 13.0. The maximum Gasteiger partial charge on any atom is 0.280 e. The Morgan fingerprint density at radius 2 is 1.92 bits per heavy atom. The number of halogens is 2. The second-order valence-electron chi connectivity index (χ2n) is 6.78. The zero-order valence-corrected chi connectivity index (χ0v) is 14.2. The van der Waals surface area contributed by atoms with Crippen LogP contribution in [0.1, 0.15) is 48.2 Å². The third kappa shape index (κ3) is 3.78. The second kappa shape index (κ2) is 6.67. The van der Waals surface area contributed by atoms with Crippen molar-refractivity contribution < 1.29 is 13.3 Å². The van der Waals surface area contributed by atoms with Crippen LogP contribution in [0.4, 0.5) is 14.6 Å². The van der Waals surface area contributed by atoms with Crippen LogP contribution in [0.3, 0.4) is 0 Å². The van der Waals surface area contributed by atoms with Gasteiger partial charge in [-0.2, -0.15) is 0 Å². The molecule has 0 radical (unpaired) electrons. The first-order valence-electron chi connectivity index (χ1n) is 8.65. The third-order valence-electron chi connectivity index (χ3n) is 4.67. The fourth-order valence-electron chi connectivity index (χ4n) is 3.13. The summed E-state index contributed by atoms with van der Waals surface area (Å²) >= 11 is 0. The van der Waals surface area contributed by atoms with E-state index in [0.717, 1.165) is 57.0 Å². The zero-order valence-electron chi connectivity index (χ0n) is 14.2. The summed E-state index contributed by atoms with van der Waals surface area (Å²) in [7, 11) is 0. The molecular formula is C17H21F2N5O. The van der Waals surface area contributed by atoms with Gasteiger partial charge in [-0.05, 0) is 19.8 Å². The Kier molecular flexibility index (Phi) is 4.37. The molecular weight excluding hydrogens is 328 g/mol. The minimum atomic E-state index is -2.56. The van der Waals surface area contributed by atoms with Gasteiger partial charge in [0.25, 0.3) is 6.43 Å². The summed E-state index contributed by atoms with van der Waals surface area (Å²) in [5.41, 5.74) is 0.761. The normalized spacial score (nSPS) is 19.0. The van der Waals surface area contributed by atoms with E-state index in [4.69, 9.17) is 4.52 Å². The highest BCUT2D eigenvalue weighted by atomic mass is 19.3. The topological polar surface area (TPSA) is 58.3 Å². The molecule has 6 nitrogen and oxygen atoms in total. The monoisotopic (exact) mass is 349 g/mol. The molecule has 0 aromatic carbocycles. The summed E-state index contributed by atoms with van der Waals surface area (Å²) in [6.07, 6.45) is -0.565. The van der Waals surface area contributed by atoms with Crippen LogP contribution in [0.2, 0.25) is 0 Å². The molecule has 0 bridgehead atoms. The second-order valence-corrected chi connectivity index (χ2v) is 6.78. The predicted molar refractivity (Wildman–Crippen MR) is 87.7 cm³/mol. The van der Waals surface area contributed by atoms with Gasteiger partial charge in [0.15, 0.2) is 0 Å². The van der Waals surface area contributed by atoms with Gasteiger partial charge in [0.1, 0.15) is 23.1 Å². The molecule has 2 aromatic rings. The lowest BCUT2D eigenvalue weighted by Crippen LogP contribution is -2.46. The van der Waals surface area contributed by atoms with E-state index in [1.807, 2.05) is 13.0 Å². The van der Waals surface area contributed by atoms with E-state index in [9.17, 15) is 8.78 Å². The molecule has 1 aliphatic carbocycles. The first kappa shape index (κ1) is 16.4. The lowest BCUT2D eigenvalue weighted by molar-refractivity contribution is 0.145. The van der Waals surface area contributed by atoms with Crippen LogP contribution in [0, 0.1) is 6.92 Å². The molecule has 2 aliphatic rings. The number of aromatic nitrogens is 3. The molecule has 1 saturated heterocycles. The summed E-state index contributed by atoms with van der Waals surface area (Å²) in [5, 5.41) is 4.02. The van der Waals surface area contributed by atoms with Gasteiger partial charge >= 0.3 is 0 Å². The van der Waals surface area contributed by atoms with Crippen LogP contribution in [0.15, 0.2) is 16.7 Å². The van der Waals surface area contributed by atoms with Gasteiger partial charge in [0.05, 0.1) is 5.69 Å². The van der Waals surface area contributed by atoms with Crippen molar-refractivity contribution in [2.75, 3.05) is 31.1 Å². The number of hydrogen-bond donors (Lipinski definition) is 0. The van der Waals surface area contributed by atoms with Crippen molar-refractivity contribution in [3.8, 4) is 0 Å². The minimum absolute atomic E-state index is 0.160. The summed E-state index contributed by atoms with van der Waals surface area (Å²) in [6, 6.07) is 3.38. The molecule has 8 heteroatoms. The van der Waals surface area contributed by atoms with Crippen LogP contribution in [-0.2, 0) is 6.54 Å². The van der Waals surface area contributed by atoms with Crippen LogP contribution < -0.4 is 4.90 Å². The molecule has 0 N–H and O–H groups in total. The summed E-state index contributed by atoms with van der Waals surface area (Å²) in [6.45, 7) is 5.78. The first-order valence-corrected chi connectivity index (χ1v) is 8.65. The number of rotatable bonds is 5. The Morgan fingerprint density at radius 1 is 1.16 bits per heavy atom. The molecule has 0 spiro atoms. The van der Waals surface area contributed by atoms with E-state index >= 15 is 0 Å². The SMILES string of the molecule is Cc1cc(CN2CCN(c3cc(C(F)F)nc(C4CC4)n3)CC2)no1. The van der Waals surface area contributed by atoms with E-state index in [2.05, 4.69) is 24.9 Å². The Bertz CT molecular complexity index is 718. The molecule has 2 fully saturated rings. The highest BCUT2D eigenvalue weighted by Gasteiger charge is 2.29. The molecule has 0 amide bonds. The minimum Gasteiger partial charge on any atom is -0.361 e. The molecule has 3 heterocycles. The number of alkyl halides is 2. The number of piperazine rings is 1. The van der Waals surface area contributed by atoms with Crippen molar-refractivity contribution in [3.63, 3.8) is 0 Å².